The molecule has 2 N–H and O–H groups in total. The van der Waals surface area contributed by atoms with Gasteiger partial charge < -0.3 is 10.4 Å². The van der Waals surface area contributed by atoms with Gasteiger partial charge in [0.25, 0.3) is 5.92 Å². The number of nitrogens with zero attached hydrogens (tertiary/aromatic N) is 1. The summed E-state index contributed by atoms with van der Waals surface area (Å²) in [6.45, 7) is 1.30. The van der Waals surface area contributed by atoms with Crippen molar-refractivity contribution in [2.45, 2.75) is 12.0 Å². The molecule has 0 aromatic heterocycles. The van der Waals surface area contributed by atoms with Crippen LogP contribution in [-0.2, 0) is 0 Å². The smallest absolute Gasteiger partial charge is 0.289 e. The van der Waals surface area contributed by atoms with Crippen LogP contribution in [0.2, 0.25) is 0 Å². The fraction of sp³-hybridized carbons (Fsp3) is 0.368. The number of nitrogens with one attached hydrogen (secondary N) is 1. The molecule has 2 aromatic carbocycles. The van der Waals surface area contributed by atoms with E-state index in [0.717, 1.165) is 11.1 Å². The van der Waals surface area contributed by atoms with E-state index in [-0.39, 0.29) is 0 Å². The fourth-order valence-electron chi connectivity index (χ4n) is 3.24. The van der Waals surface area contributed by atoms with Gasteiger partial charge in [-0.25, -0.2) is 8.78 Å². The van der Waals surface area contributed by atoms with Crippen LogP contribution in [0.1, 0.15) is 11.6 Å². The zero-order valence-corrected chi connectivity index (χ0v) is 13.5. The third kappa shape index (κ3) is 3.64. The summed E-state index contributed by atoms with van der Waals surface area (Å²) in [6, 6.07) is 16.0. The number of benzene rings is 2. The Morgan fingerprint density at radius 1 is 0.958 bits per heavy atom. The third-order valence-corrected chi connectivity index (χ3v) is 4.46. The molecule has 1 fully saturated rings. The molecule has 0 bridgehead atoms. The van der Waals surface area contributed by atoms with Gasteiger partial charge in [0.15, 0.2) is 0 Å². The molecule has 1 saturated heterocycles. The lowest BCUT2D eigenvalue weighted by Crippen LogP contribution is -2.51. The number of rotatable bonds is 5. The summed E-state index contributed by atoms with van der Waals surface area (Å²) in [6.07, 6.45) is 0. The zero-order valence-electron chi connectivity index (χ0n) is 13.5. The van der Waals surface area contributed by atoms with Gasteiger partial charge in [-0.1, -0.05) is 54.6 Å². The molecule has 128 valence electrons. The summed E-state index contributed by atoms with van der Waals surface area (Å²) < 4.78 is 28.8. The Morgan fingerprint density at radius 3 is 2.12 bits per heavy atom. The maximum Gasteiger partial charge on any atom is 0.289 e. The van der Waals surface area contributed by atoms with Crippen molar-refractivity contribution in [3.05, 3.63) is 60.2 Å². The lowest BCUT2D eigenvalue weighted by molar-refractivity contribution is -0.118. The van der Waals surface area contributed by atoms with Crippen LogP contribution in [0.5, 0.6) is 0 Å². The number of hydrogen-bond donors (Lipinski definition) is 2. The van der Waals surface area contributed by atoms with Gasteiger partial charge in [-0.2, -0.15) is 0 Å². The Morgan fingerprint density at radius 2 is 1.54 bits per heavy atom. The molecule has 1 atom stereocenters. The predicted octanol–water partition coefficient (Wildman–Crippen LogP) is 2.93. The number of halogens is 2. The van der Waals surface area contributed by atoms with E-state index < -0.39 is 18.6 Å². The van der Waals surface area contributed by atoms with Crippen molar-refractivity contribution in [3.8, 4) is 11.1 Å². The lowest BCUT2D eigenvalue weighted by Gasteiger charge is -2.38. The van der Waals surface area contributed by atoms with Crippen molar-refractivity contribution in [3.63, 3.8) is 0 Å². The zero-order chi connectivity index (χ0) is 17.0. The minimum atomic E-state index is -3.17. The van der Waals surface area contributed by atoms with Crippen molar-refractivity contribution in [2.75, 3.05) is 32.8 Å². The molecule has 1 aliphatic rings. The molecule has 0 aliphatic carbocycles. The van der Waals surface area contributed by atoms with Gasteiger partial charge in [0.05, 0.1) is 0 Å². The minimum Gasteiger partial charge on any atom is -0.390 e. The van der Waals surface area contributed by atoms with E-state index in [4.69, 9.17) is 0 Å². The van der Waals surface area contributed by atoms with Crippen molar-refractivity contribution in [2.24, 2.45) is 0 Å². The molecule has 0 saturated carbocycles. The number of piperazine rings is 1. The Bertz CT molecular complexity index is 640. The highest BCUT2D eigenvalue weighted by atomic mass is 19.3. The molecule has 0 amide bonds. The van der Waals surface area contributed by atoms with Crippen molar-refractivity contribution in [1.82, 2.24) is 10.2 Å². The summed E-state index contributed by atoms with van der Waals surface area (Å²) in [5.41, 5.74) is 2.58. The number of aliphatic hydroxyl groups excluding tert-OH is 1. The van der Waals surface area contributed by atoms with Crippen LogP contribution in [0.15, 0.2) is 54.6 Å². The second-order valence-electron chi connectivity index (χ2n) is 6.10. The third-order valence-electron chi connectivity index (χ3n) is 4.46. The monoisotopic (exact) mass is 332 g/mol. The fourth-order valence-corrected chi connectivity index (χ4v) is 3.24. The highest BCUT2D eigenvalue weighted by molar-refractivity contribution is 5.63. The second-order valence-corrected chi connectivity index (χ2v) is 6.10. The summed E-state index contributed by atoms with van der Waals surface area (Å²) in [5, 5.41) is 12.4. The molecule has 3 nitrogen and oxygen atoms in total. The summed E-state index contributed by atoms with van der Waals surface area (Å²) in [7, 11) is 0. The van der Waals surface area contributed by atoms with E-state index in [1.807, 2.05) is 42.5 Å². The van der Waals surface area contributed by atoms with Gasteiger partial charge in [-0.05, 0) is 16.7 Å². The number of aliphatic hydroxyl groups is 1. The van der Waals surface area contributed by atoms with E-state index in [0.29, 0.717) is 31.7 Å². The molecule has 3 rings (SSSR count). The van der Waals surface area contributed by atoms with Crippen LogP contribution < -0.4 is 5.32 Å². The van der Waals surface area contributed by atoms with Crippen LogP contribution in [-0.4, -0.2) is 48.7 Å². The molecule has 1 heterocycles. The van der Waals surface area contributed by atoms with Crippen LogP contribution in [0.4, 0.5) is 8.78 Å². The molecule has 0 radical (unpaired) electrons. The van der Waals surface area contributed by atoms with Crippen molar-refractivity contribution >= 4 is 0 Å². The summed E-state index contributed by atoms with van der Waals surface area (Å²) in [4.78, 5) is 1.75. The Labute approximate surface area is 140 Å². The molecular weight excluding hydrogens is 310 g/mol. The van der Waals surface area contributed by atoms with E-state index in [1.165, 1.54) is 0 Å². The van der Waals surface area contributed by atoms with Crippen LogP contribution in [0.3, 0.4) is 0 Å². The van der Waals surface area contributed by atoms with Crippen molar-refractivity contribution in [1.29, 1.82) is 0 Å². The first-order valence-electron chi connectivity index (χ1n) is 8.20. The van der Waals surface area contributed by atoms with Crippen LogP contribution in [0, 0.1) is 0 Å². The quantitative estimate of drug-likeness (QED) is 0.884. The summed E-state index contributed by atoms with van der Waals surface area (Å²) >= 11 is 0. The van der Waals surface area contributed by atoms with Crippen molar-refractivity contribution < 1.29 is 13.9 Å². The van der Waals surface area contributed by atoms with E-state index >= 15 is 0 Å². The van der Waals surface area contributed by atoms with E-state index in [2.05, 4.69) is 5.32 Å². The van der Waals surface area contributed by atoms with Crippen LogP contribution in [0.25, 0.3) is 11.1 Å². The standard InChI is InChI=1S/C19H22F2N2O/c20-19(21,14-24)18(23-12-10-22-11-13-23)17-8-6-16(7-9-17)15-4-2-1-3-5-15/h1-9,18,22,24H,10-14H2/t18-/m0/s1. The van der Waals surface area contributed by atoms with Gasteiger partial charge in [0.2, 0.25) is 0 Å². The molecule has 5 heteroatoms. The molecular formula is C19H22F2N2O. The predicted molar refractivity (Wildman–Crippen MR) is 91.1 cm³/mol. The Hall–Kier alpha value is -1.82. The Balaban J connectivity index is 1.90. The highest BCUT2D eigenvalue weighted by Crippen LogP contribution is 2.37. The highest BCUT2D eigenvalue weighted by Gasteiger charge is 2.43. The van der Waals surface area contributed by atoms with Gasteiger partial charge in [-0.3, -0.25) is 4.90 Å². The van der Waals surface area contributed by atoms with Gasteiger partial charge >= 0.3 is 0 Å². The van der Waals surface area contributed by atoms with Gasteiger partial charge in [0.1, 0.15) is 12.6 Å². The largest absolute Gasteiger partial charge is 0.390 e. The second kappa shape index (κ2) is 7.38. The maximum atomic E-state index is 14.4. The Kier molecular flexibility index (Phi) is 5.23. The average Bonchev–Trinajstić information content (AvgIpc) is 2.64. The minimum absolute atomic E-state index is 0.538. The number of hydrogen-bond acceptors (Lipinski definition) is 3. The number of alkyl halides is 2. The lowest BCUT2D eigenvalue weighted by atomic mass is 9.95. The molecule has 0 spiro atoms. The summed E-state index contributed by atoms with van der Waals surface area (Å²) in [5.74, 6) is -3.17. The van der Waals surface area contributed by atoms with Crippen LogP contribution >= 0.6 is 0 Å². The normalized spacial score (nSPS) is 17.6. The maximum absolute atomic E-state index is 14.4. The first kappa shape index (κ1) is 17.0. The molecule has 0 unspecified atom stereocenters. The van der Waals surface area contributed by atoms with E-state index in [1.54, 1.807) is 17.0 Å². The van der Waals surface area contributed by atoms with E-state index in [9.17, 15) is 13.9 Å². The molecule has 24 heavy (non-hydrogen) atoms. The first-order chi connectivity index (χ1) is 11.6. The SMILES string of the molecule is OCC(F)(F)[C@H](c1ccc(-c2ccccc2)cc1)N1CCNCC1. The first-order valence-corrected chi connectivity index (χ1v) is 8.20. The average molecular weight is 332 g/mol. The van der Waals surface area contributed by atoms with Gasteiger partial charge in [0, 0.05) is 26.2 Å². The molecule has 1 aliphatic heterocycles. The molecule has 2 aromatic rings. The topological polar surface area (TPSA) is 35.5 Å². The van der Waals surface area contributed by atoms with Gasteiger partial charge in [-0.15, -0.1) is 0 Å².